The van der Waals surface area contributed by atoms with E-state index >= 15 is 0 Å². The zero-order valence-electron chi connectivity index (χ0n) is 17.1. The minimum Gasteiger partial charge on any atom is -0.322 e. The standard InChI is InChI=1S/C24H20N4O3S/c25-16-17-7-1-2-10-20(17)21-11-3-4-12-22(21)24(29)27-18-8-5-9-19(15-18)32(30,31)28-23-13-6-14-26-23/h1-5,7-12,15H,6,13-14H2,(H,26,28)(H,27,29). The van der Waals surface area contributed by atoms with Gasteiger partial charge in [0.05, 0.1) is 16.5 Å². The van der Waals surface area contributed by atoms with Gasteiger partial charge in [0, 0.05) is 29.8 Å². The quantitative estimate of drug-likeness (QED) is 0.621. The van der Waals surface area contributed by atoms with Crippen molar-refractivity contribution in [2.75, 3.05) is 11.9 Å². The maximum atomic E-state index is 13.1. The molecule has 0 aromatic heterocycles. The smallest absolute Gasteiger partial charge is 0.262 e. The van der Waals surface area contributed by atoms with Gasteiger partial charge in [-0.15, -0.1) is 0 Å². The summed E-state index contributed by atoms with van der Waals surface area (Å²) in [5, 5.41) is 12.2. The number of amidine groups is 1. The van der Waals surface area contributed by atoms with E-state index in [2.05, 4.69) is 21.1 Å². The van der Waals surface area contributed by atoms with Gasteiger partial charge < -0.3 is 5.32 Å². The zero-order valence-corrected chi connectivity index (χ0v) is 17.9. The molecule has 7 nitrogen and oxygen atoms in total. The van der Waals surface area contributed by atoms with Crippen molar-refractivity contribution in [3.05, 3.63) is 83.9 Å². The Balaban J connectivity index is 1.61. The lowest BCUT2D eigenvalue weighted by molar-refractivity contribution is 0.102. The minimum absolute atomic E-state index is 0.0352. The number of rotatable bonds is 5. The van der Waals surface area contributed by atoms with E-state index in [9.17, 15) is 18.5 Å². The number of sulfonamides is 1. The molecule has 0 atom stereocenters. The first-order valence-corrected chi connectivity index (χ1v) is 11.5. The Morgan fingerprint density at radius 3 is 2.47 bits per heavy atom. The predicted molar refractivity (Wildman–Crippen MR) is 123 cm³/mol. The molecule has 8 heteroatoms. The lowest BCUT2D eigenvalue weighted by Crippen LogP contribution is -2.29. The van der Waals surface area contributed by atoms with Gasteiger partial charge in [0.15, 0.2) is 0 Å². The Hall–Kier alpha value is -3.96. The molecule has 1 amide bonds. The Morgan fingerprint density at radius 2 is 1.72 bits per heavy atom. The van der Waals surface area contributed by atoms with Crippen molar-refractivity contribution in [2.45, 2.75) is 17.7 Å². The number of carbonyl (C=O) groups is 1. The van der Waals surface area contributed by atoms with Crippen molar-refractivity contribution >= 4 is 27.5 Å². The number of anilines is 1. The van der Waals surface area contributed by atoms with Crippen LogP contribution in [0, 0.1) is 11.3 Å². The third kappa shape index (κ3) is 4.53. The molecule has 160 valence electrons. The molecule has 3 aromatic carbocycles. The molecule has 1 aliphatic heterocycles. The summed E-state index contributed by atoms with van der Waals surface area (Å²) in [6, 6.07) is 22.2. The molecule has 0 fully saturated rings. The summed E-state index contributed by atoms with van der Waals surface area (Å²) in [4.78, 5) is 17.2. The highest BCUT2D eigenvalue weighted by molar-refractivity contribution is 7.90. The zero-order chi connectivity index (χ0) is 22.6. The van der Waals surface area contributed by atoms with Crippen LogP contribution in [0.15, 0.2) is 82.7 Å². The first-order valence-electron chi connectivity index (χ1n) is 10.0. The monoisotopic (exact) mass is 444 g/mol. The molecule has 0 saturated heterocycles. The molecule has 0 spiro atoms. The number of nitrogens with zero attached hydrogens (tertiary/aromatic N) is 2. The average molecular weight is 445 g/mol. The molecule has 0 radical (unpaired) electrons. The number of amides is 1. The summed E-state index contributed by atoms with van der Waals surface area (Å²) >= 11 is 0. The Kier molecular flexibility index (Phi) is 6.01. The lowest BCUT2D eigenvalue weighted by Gasteiger charge is -2.13. The van der Waals surface area contributed by atoms with Crippen LogP contribution in [0.1, 0.15) is 28.8 Å². The molecule has 3 aromatic rings. The summed E-state index contributed by atoms with van der Waals surface area (Å²) in [5.74, 6) is 0.0422. The number of hydrogen-bond acceptors (Lipinski definition) is 5. The molecular weight excluding hydrogens is 424 g/mol. The second-order valence-corrected chi connectivity index (χ2v) is 8.90. The summed E-state index contributed by atoms with van der Waals surface area (Å²) < 4.78 is 27.8. The second-order valence-electron chi connectivity index (χ2n) is 7.22. The van der Waals surface area contributed by atoms with E-state index in [1.54, 1.807) is 60.7 Å². The third-order valence-corrected chi connectivity index (χ3v) is 6.42. The van der Waals surface area contributed by atoms with Crippen LogP contribution in [-0.2, 0) is 10.0 Å². The van der Waals surface area contributed by atoms with Crippen molar-refractivity contribution in [2.24, 2.45) is 4.99 Å². The first kappa shape index (κ1) is 21.3. The summed E-state index contributed by atoms with van der Waals surface area (Å²) in [5.41, 5.74) is 2.45. The number of aliphatic imine (C=N–C) groups is 1. The van der Waals surface area contributed by atoms with Crippen LogP contribution in [0.3, 0.4) is 0 Å². The highest BCUT2D eigenvalue weighted by Gasteiger charge is 2.20. The van der Waals surface area contributed by atoms with Gasteiger partial charge in [0.1, 0.15) is 5.84 Å². The Labute approximate surface area is 186 Å². The van der Waals surface area contributed by atoms with Crippen LogP contribution in [0.4, 0.5) is 5.69 Å². The van der Waals surface area contributed by atoms with E-state index in [4.69, 9.17) is 0 Å². The van der Waals surface area contributed by atoms with Crippen molar-refractivity contribution in [3.8, 4) is 17.2 Å². The molecule has 1 aliphatic rings. The van der Waals surface area contributed by atoms with Gasteiger partial charge in [-0.1, -0.05) is 42.5 Å². The van der Waals surface area contributed by atoms with Crippen LogP contribution in [0.5, 0.6) is 0 Å². The van der Waals surface area contributed by atoms with Crippen LogP contribution in [-0.4, -0.2) is 26.7 Å². The maximum Gasteiger partial charge on any atom is 0.262 e. The number of hydrogen-bond donors (Lipinski definition) is 2. The van der Waals surface area contributed by atoms with Gasteiger partial charge in [-0.25, -0.2) is 8.42 Å². The van der Waals surface area contributed by atoms with Crippen LogP contribution in [0.2, 0.25) is 0 Å². The summed E-state index contributed by atoms with van der Waals surface area (Å²) in [7, 11) is -3.79. The number of nitrogens with one attached hydrogen (secondary N) is 2. The van der Waals surface area contributed by atoms with Gasteiger partial charge in [-0.3, -0.25) is 14.5 Å². The lowest BCUT2D eigenvalue weighted by atomic mass is 9.95. The fourth-order valence-corrected chi connectivity index (χ4v) is 4.64. The Morgan fingerprint density at radius 1 is 0.969 bits per heavy atom. The molecular formula is C24H20N4O3S. The van der Waals surface area contributed by atoms with Gasteiger partial charge in [0.2, 0.25) is 0 Å². The number of carbonyl (C=O) groups excluding carboxylic acids is 1. The topological polar surface area (TPSA) is 111 Å². The fourth-order valence-electron chi connectivity index (χ4n) is 3.51. The van der Waals surface area contributed by atoms with Crippen molar-refractivity contribution < 1.29 is 13.2 Å². The largest absolute Gasteiger partial charge is 0.322 e. The highest BCUT2D eigenvalue weighted by Crippen LogP contribution is 2.28. The SMILES string of the molecule is N#Cc1ccccc1-c1ccccc1C(=O)Nc1cccc(S(=O)(=O)NC2=NCCC2)c1. The fraction of sp³-hybridized carbons (Fsp3) is 0.125. The number of benzene rings is 3. The van der Waals surface area contributed by atoms with E-state index in [0.29, 0.717) is 46.7 Å². The highest BCUT2D eigenvalue weighted by atomic mass is 32.2. The molecule has 0 aliphatic carbocycles. The minimum atomic E-state index is -3.79. The Bertz CT molecular complexity index is 1360. The van der Waals surface area contributed by atoms with Gasteiger partial charge in [-0.05, 0) is 42.3 Å². The van der Waals surface area contributed by atoms with E-state index in [0.717, 1.165) is 6.42 Å². The van der Waals surface area contributed by atoms with E-state index < -0.39 is 15.9 Å². The predicted octanol–water partition coefficient (Wildman–Crippen LogP) is 3.95. The second kappa shape index (κ2) is 9.04. The average Bonchev–Trinajstić information content (AvgIpc) is 3.31. The molecule has 1 heterocycles. The van der Waals surface area contributed by atoms with Gasteiger partial charge >= 0.3 is 0 Å². The van der Waals surface area contributed by atoms with Crippen molar-refractivity contribution in [3.63, 3.8) is 0 Å². The molecule has 0 bridgehead atoms. The van der Waals surface area contributed by atoms with E-state index in [1.165, 1.54) is 12.1 Å². The van der Waals surface area contributed by atoms with Crippen LogP contribution in [0.25, 0.3) is 11.1 Å². The van der Waals surface area contributed by atoms with Gasteiger partial charge in [0.25, 0.3) is 15.9 Å². The summed E-state index contributed by atoms with van der Waals surface area (Å²) in [6.45, 7) is 0.613. The van der Waals surface area contributed by atoms with Crippen molar-refractivity contribution in [1.29, 1.82) is 5.26 Å². The number of nitriles is 1. The van der Waals surface area contributed by atoms with Crippen LogP contribution >= 0.6 is 0 Å². The first-order chi connectivity index (χ1) is 15.5. The molecule has 0 unspecified atom stereocenters. The molecule has 4 rings (SSSR count). The summed E-state index contributed by atoms with van der Waals surface area (Å²) in [6.07, 6.45) is 1.42. The molecule has 0 saturated carbocycles. The maximum absolute atomic E-state index is 13.1. The molecule has 2 N–H and O–H groups in total. The molecule has 32 heavy (non-hydrogen) atoms. The van der Waals surface area contributed by atoms with E-state index in [-0.39, 0.29) is 4.90 Å². The third-order valence-electron chi connectivity index (χ3n) is 5.04. The van der Waals surface area contributed by atoms with E-state index in [1.807, 2.05) is 0 Å². The van der Waals surface area contributed by atoms with Gasteiger partial charge in [-0.2, -0.15) is 5.26 Å². The van der Waals surface area contributed by atoms with Crippen molar-refractivity contribution in [1.82, 2.24) is 4.72 Å². The normalized spacial score (nSPS) is 13.2. The van der Waals surface area contributed by atoms with Crippen LogP contribution < -0.4 is 10.0 Å².